The summed E-state index contributed by atoms with van der Waals surface area (Å²) in [6, 6.07) is 2.23. The minimum absolute atomic E-state index is 0.0804. The van der Waals surface area contributed by atoms with Crippen LogP contribution < -0.4 is 5.69 Å². The molecular weight excluding hydrogens is 184 g/mol. The summed E-state index contributed by atoms with van der Waals surface area (Å²) in [5.41, 5.74) is 1.13. The Balaban J connectivity index is 2.93. The largest absolute Gasteiger partial charge is 0.329 e. The molecule has 0 unspecified atom stereocenters. The van der Waals surface area contributed by atoms with Crippen molar-refractivity contribution in [2.24, 2.45) is 7.05 Å². The van der Waals surface area contributed by atoms with Gasteiger partial charge in [0.25, 0.3) is 0 Å². The first kappa shape index (κ1) is 8.56. The van der Waals surface area contributed by atoms with Crippen LogP contribution in [-0.2, 0) is 7.05 Å². The lowest BCUT2D eigenvalue weighted by Gasteiger charge is -2.04. The summed E-state index contributed by atoms with van der Waals surface area (Å²) in [6.45, 7) is 4.05. The molecular formula is C9H12N2OS. The molecule has 0 bridgehead atoms. The van der Waals surface area contributed by atoms with E-state index in [9.17, 15) is 4.79 Å². The van der Waals surface area contributed by atoms with Crippen LogP contribution in [0.15, 0.2) is 16.2 Å². The first-order chi connectivity index (χ1) is 6.13. The van der Waals surface area contributed by atoms with Gasteiger partial charge in [0.2, 0.25) is 0 Å². The molecule has 2 rings (SSSR count). The highest BCUT2D eigenvalue weighted by atomic mass is 32.1. The maximum absolute atomic E-state index is 11.7. The molecule has 0 aromatic carbocycles. The van der Waals surface area contributed by atoms with Crippen molar-refractivity contribution in [2.75, 3.05) is 0 Å². The van der Waals surface area contributed by atoms with E-state index in [4.69, 9.17) is 0 Å². The molecule has 0 saturated heterocycles. The standard InChI is InChI=1S/C9H12N2OS/c1-6(2)11-7-4-5-13-8(7)10(3)9(11)12/h4-6H,1-3H3. The molecule has 0 aliphatic heterocycles. The van der Waals surface area contributed by atoms with Crippen molar-refractivity contribution < 1.29 is 0 Å². The fraction of sp³-hybridized carbons (Fsp3) is 0.444. The summed E-state index contributed by atoms with van der Waals surface area (Å²) in [6.07, 6.45) is 0. The van der Waals surface area contributed by atoms with Gasteiger partial charge in [-0.15, -0.1) is 11.3 Å². The van der Waals surface area contributed by atoms with E-state index in [0.717, 1.165) is 10.3 Å². The highest BCUT2D eigenvalue weighted by molar-refractivity contribution is 7.16. The molecule has 0 radical (unpaired) electrons. The molecule has 0 saturated carbocycles. The molecule has 0 aliphatic carbocycles. The first-order valence-electron chi connectivity index (χ1n) is 4.27. The predicted octanol–water partition coefficient (Wildman–Crippen LogP) is 1.98. The summed E-state index contributed by atoms with van der Waals surface area (Å²) >= 11 is 1.61. The van der Waals surface area contributed by atoms with Gasteiger partial charge in [-0.3, -0.25) is 9.13 Å². The zero-order valence-electron chi connectivity index (χ0n) is 7.94. The van der Waals surface area contributed by atoms with Crippen molar-refractivity contribution in [3.63, 3.8) is 0 Å². The van der Waals surface area contributed by atoms with Gasteiger partial charge in [-0.25, -0.2) is 4.79 Å². The highest BCUT2D eigenvalue weighted by Crippen LogP contribution is 2.21. The zero-order chi connectivity index (χ0) is 9.59. The van der Waals surface area contributed by atoms with Gasteiger partial charge in [0, 0.05) is 13.1 Å². The van der Waals surface area contributed by atoms with Gasteiger partial charge in [0.1, 0.15) is 4.83 Å². The van der Waals surface area contributed by atoms with Crippen LogP contribution in [0.25, 0.3) is 10.3 Å². The van der Waals surface area contributed by atoms with E-state index in [1.54, 1.807) is 15.9 Å². The third-order valence-electron chi connectivity index (χ3n) is 2.20. The number of aryl methyl sites for hydroxylation is 1. The molecule has 70 valence electrons. The fourth-order valence-electron chi connectivity index (χ4n) is 1.58. The molecule has 2 heterocycles. The Morgan fingerprint density at radius 1 is 1.46 bits per heavy atom. The van der Waals surface area contributed by atoms with Crippen molar-refractivity contribution >= 4 is 21.7 Å². The number of hydrogen-bond acceptors (Lipinski definition) is 2. The van der Waals surface area contributed by atoms with Crippen LogP contribution in [0.3, 0.4) is 0 Å². The Labute approximate surface area is 80.2 Å². The monoisotopic (exact) mass is 196 g/mol. The molecule has 2 aromatic heterocycles. The predicted molar refractivity (Wildman–Crippen MR) is 55.4 cm³/mol. The van der Waals surface area contributed by atoms with Crippen LogP contribution in [0.1, 0.15) is 19.9 Å². The van der Waals surface area contributed by atoms with Crippen LogP contribution in [0.5, 0.6) is 0 Å². The van der Waals surface area contributed by atoms with Gasteiger partial charge < -0.3 is 0 Å². The number of nitrogens with zero attached hydrogens (tertiary/aromatic N) is 2. The minimum Gasteiger partial charge on any atom is -0.289 e. The molecule has 0 atom stereocenters. The molecule has 3 nitrogen and oxygen atoms in total. The fourth-order valence-corrected chi connectivity index (χ4v) is 2.43. The SMILES string of the molecule is CC(C)n1c(=O)n(C)c2sccc21. The van der Waals surface area contributed by atoms with Gasteiger partial charge in [0.05, 0.1) is 5.52 Å². The smallest absolute Gasteiger partial charge is 0.289 e. The summed E-state index contributed by atoms with van der Waals surface area (Å²) in [5.74, 6) is 0. The lowest BCUT2D eigenvalue weighted by molar-refractivity contribution is 0.583. The van der Waals surface area contributed by atoms with E-state index in [0.29, 0.717) is 0 Å². The molecule has 0 N–H and O–H groups in total. The Kier molecular flexibility index (Phi) is 1.80. The van der Waals surface area contributed by atoms with Crippen LogP contribution >= 0.6 is 11.3 Å². The number of aromatic nitrogens is 2. The number of rotatable bonds is 1. The van der Waals surface area contributed by atoms with E-state index in [1.165, 1.54) is 0 Å². The quantitative estimate of drug-likeness (QED) is 0.685. The van der Waals surface area contributed by atoms with Crippen molar-refractivity contribution in [3.05, 3.63) is 21.9 Å². The Bertz CT molecular complexity index is 489. The number of hydrogen-bond donors (Lipinski definition) is 0. The average molecular weight is 196 g/mol. The maximum Gasteiger partial charge on any atom is 0.329 e. The topological polar surface area (TPSA) is 26.9 Å². The van der Waals surface area contributed by atoms with Gasteiger partial charge in [-0.2, -0.15) is 0 Å². The maximum atomic E-state index is 11.7. The van der Waals surface area contributed by atoms with Gasteiger partial charge in [-0.1, -0.05) is 0 Å². The molecule has 0 spiro atoms. The zero-order valence-corrected chi connectivity index (χ0v) is 8.76. The Hall–Kier alpha value is -1.03. The summed E-state index contributed by atoms with van der Waals surface area (Å²) in [7, 11) is 1.82. The molecule has 0 aliphatic rings. The van der Waals surface area contributed by atoms with Crippen molar-refractivity contribution in [2.45, 2.75) is 19.9 Å². The third kappa shape index (κ3) is 1.05. The molecule has 13 heavy (non-hydrogen) atoms. The first-order valence-corrected chi connectivity index (χ1v) is 5.15. The van der Waals surface area contributed by atoms with Crippen LogP contribution in [0, 0.1) is 0 Å². The number of thiophene rings is 1. The lowest BCUT2D eigenvalue weighted by atomic mass is 10.4. The lowest BCUT2D eigenvalue weighted by Crippen LogP contribution is -2.23. The molecule has 2 aromatic rings. The Morgan fingerprint density at radius 3 is 2.77 bits per heavy atom. The average Bonchev–Trinajstić information content (AvgIpc) is 2.57. The van der Waals surface area contributed by atoms with Crippen LogP contribution in [0.2, 0.25) is 0 Å². The second-order valence-corrected chi connectivity index (χ2v) is 4.31. The van der Waals surface area contributed by atoms with Crippen molar-refractivity contribution in [3.8, 4) is 0 Å². The molecule has 0 amide bonds. The van der Waals surface area contributed by atoms with Gasteiger partial charge in [0.15, 0.2) is 0 Å². The number of imidazole rings is 1. The van der Waals surface area contributed by atoms with E-state index < -0.39 is 0 Å². The summed E-state index contributed by atoms with van der Waals surface area (Å²) in [5, 5.41) is 2.02. The second-order valence-electron chi connectivity index (χ2n) is 3.42. The molecule has 4 heteroatoms. The highest BCUT2D eigenvalue weighted by Gasteiger charge is 2.12. The van der Waals surface area contributed by atoms with E-state index in [2.05, 4.69) is 0 Å². The Morgan fingerprint density at radius 2 is 2.15 bits per heavy atom. The normalized spacial score (nSPS) is 11.7. The van der Waals surface area contributed by atoms with Crippen LogP contribution in [0.4, 0.5) is 0 Å². The summed E-state index contributed by atoms with van der Waals surface area (Å²) < 4.78 is 3.53. The van der Waals surface area contributed by atoms with Gasteiger partial charge in [-0.05, 0) is 25.3 Å². The van der Waals surface area contributed by atoms with E-state index in [-0.39, 0.29) is 11.7 Å². The van der Waals surface area contributed by atoms with E-state index >= 15 is 0 Å². The van der Waals surface area contributed by atoms with Gasteiger partial charge >= 0.3 is 5.69 Å². The third-order valence-corrected chi connectivity index (χ3v) is 3.18. The summed E-state index contributed by atoms with van der Waals surface area (Å²) in [4.78, 5) is 12.8. The van der Waals surface area contributed by atoms with E-state index in [1.807, 2.05) is 36.9 Å². The van der Waals surface area contributed by atoms with Crippen molar-refractivity contribution in [1.29, 1.82) is 0 Å². The van der Waals surface area contributed by atoms with Crippen molar-refractivity contribution in [1.82, 2.24) is 9.13 Å². The minimum atomic E-state index is 0.0804. The molecule has 0 fully saturated rings. The van der Waals surface area contributed by atoms with Crippen LogP contribution in [-0.4, -0.2) is 9.13 Å². The second kappa shape index (κ2) is 2.73. The number of fused-ring (bicyclic) bond motifs is 1.